The average molecular weight is 570 g/mol. The molecule has 43 heavy (non-hydrogen) atoms. The lowest BCUT2D eigenvalue weighted by molar-refractivity contribution is 0.547. The summed E-state index contributed by atoms with van der Waals surface area (Å²) in [6, 6.07) is 42.5. The summed E-state index contributed by atoms with van der Waals surface area (Å²) < 4.78 is 2.70. The molecule has 1 unspecified atom stereocenters. The summed E-state index contributed by atoms with van der Waals surface area (Å²) in [4.78, 5) is 5.34. The SMILES string of the molecule is CC(C)C1C2=C(c3ccccc31)c1c(c(-c3ccc(-c4cccc5c4sc4ccccc45)cc3)nc3ccccc13)CC2. The summed E-state index contributed by atoms with van der Waals surface area (Å²) in [5.74, 6) is 1.06. The van der Waals surface area contributed by atoms with Crippen molar-refractivity contribution in [2.75, 3.05) is 0 Å². The van der Waals surface area contributed by atoms with E-state index in [9.17, 15) is 0 Å². The minimum absolute atomic E-state index is 0.491. The topological polar surface area (TPSA) is 12.9 Å². The van der Waals surface area contributed by atoms with Crippen LogP contribution in [0.5, 0.6) is 0 Å². The van der Waals surface area contributed by atoms with Crippen LogP contribution in [-0.4, -0.2) is 4.98 Å². The fourth-order valence-corrected chi connectivity index (χ4v) is 9.15. The van der Waals surface area contributed by atoms with E-state index in [2.05, 4.69) is 129 Å². The number of allylic oxidation sites excluding steroid dienone is 1. The number of hydrogen-bond donors (Lipinski definition) is 0. The van der Waals surface area contributed by atoms with Crippen molar-refractivity contribution in [3.63, 3.8) is 0 Å². The van der Waals surface area contributed by atoms with Gasteiger partial charge in [-0.1, -0.05) is 123 Å². The molecule has 206 valence electrons. The van der Waals surface area contributed by atoms with Gasteiger partial charge in [0.05, 0.1) is 11.2 Å². The van der Waals surface area contributed by atoms with Crippen LogP contribution in [0.4, 0.5) is 0 Å². The first-order chi connectivity index (χ1) is 21.2. The van der Waals surface area contributed by atoms with E-state index in [0.29, 0.717) is 11.8 Å². The van der Waals surface area contributed by atoms with Crippen LogP contribution in [0.25, 0.3) is 59.0 Å². The molecule has 5 aromatic carbocycles. The molecule has 0 fully saturated rings. The van der Waals surface area contributed by atoms with Crippen LogP contribution in [0.15, 0.2) is 121 Å². The molecular formula is C41H31NS. The summed E-state index contributed by atoms with van der Waals surface area (Å²) in [6.45, 7) is 4.76. The Morgan fingerprint density at radius 1 is 0.651 bits per heavy atom. The highest BCUT2D eigenvalue weighted by molar-refractivity contribution is 7.26. The number of para-hydroxylation sites is 1. The Morgan fingerprint density at radius 3 is 2.21 bits per heavy atom. The van der Waals surface area contributed by atoms with Gasteiger partial charge in [0, 0.05) is 37.0 Å². The average Bonchev–Trinajstić information content (AvgIpc) is 3.60. The van der Waals surface area contributed by atoms with Crippen LogP contribution < -0.4 is 0 Å². The third kappa shape index (κ3) is 3.66. The van der Waals surface area contributed by atoms with E-state index < -0.39 is 0 Å². The van der Waals surface area contributed by atoms with Gasteiger partial charge in [-0.05, 0) is 69.8 Å². The number of hydrogen-bond acceptors (Lipinski definition) is 2. The summed E-state index contributed by atoms with van der Waals surface area (Å²) >= 11 is 1.89. The molecule has 0 saturated carbocycles. The summed E-state index contributed by atoms with van der Waals surface area (Å²) in [7, 11) is 0. The number of pyridine rings is 1. The fraction of sp³-hybridized carbons (Fsp3) is 0.146. The van der Waals surface area contributed by atoms with E-state index in [4.69, 9.17) is 4.98 Å². The van der Waals surface area contributed by atoms with Crippen LogP contribution in [0, 0.1) is 5.92 Å². The van der Waals surface area contributed by atoms with Gasteiger partial charge in [-0.25, -0.2) is 4.98 Å². The highest BCUT2D eigenvalue weighted by Crippen LogP contribution is 2.54. The minimum atomic E-state index is 0.491. The Kier molecular flexibility index (Phi) is 5.52. The van der Waals surface area contributed by atoms with Gasteiger partial charge in [0.25, 0.3) is 0 Å². The standard InChI is InChI=1S/C41H31NS/c1-24(2)37-29-11-3-4-12-30(29)38-33(37)22-23-34-39(38)32-13-5-7-16-35(32)42-40(34)26-20-18-25(19-21-26)27-14-9-15-31-28-10-6-8-17-36(28)43-41(27)31/h3-21,24,37H,22-23H2,1-2H3. The Morgan fingerprint density at radius 2 is 1.35 bits per heavy atom. The number of benzene rings is 5. The lowest BCUT2D eigenvalue weighted by Crippen LogP contribution is -2.12. The predicted molar refractivity (Wildman–Crippen MR) is 184 cm³/mol. The maximum absolute atomic E-state index is 5.34. The zero-order valence-electron chi connectivity index (χ0n) is 24.4. The normalized spacial score (nSPS) is 15.8. The van der Waals surface area contributed by atoms with E-state index in [-0.39, 0.29) is 0 Å². The van der Waals surface area contributed by atoms with Crippen molar-refractivity contribution in [3.8, 4) is 22.4 Å². The van der Waals surface area contributed by atoms with E-state index in [0.717, 1.165) is 24.1 Å². The second kappa shape index (κ2) is 9.49. The van der Waals surface area contributed by atoms with Gasteiger partial charge < -0.3 is 0 Å². The van der Waals surface area contributed by atoms with Crippen LogP contribution in [-0.2, 0) is 6.42 Å². The predicted octanol–water partition coefficient (Wildman–Crippen LogP) is 11.4. The molecule has 0 radical (unpaired) electrons. The van der Waals surface area contributed by atoms with Crippen molar-refractivity contribution in [1.82, 2.24) is 4.98 Å². The number of fused-ring (bicyclic) bond motifs is 9. The second-order valence-electron chi connectivity index (χ2n) is 12.4. The maximum atomic E-state index is 5.34. The molecule has 2 aliphatic rings. The lowest BCUT2D eigenvalue weighted by Gasteiger charge is -2.27. The fourth-order valence-electron chi connectivity index (χ4n) is 7.91. The molecule has 1 atom stereocenters. The molecule has 9 rings (SSSR count). The van der Waals surface area contributed by atoms with Crippen molar-refractivity contribution in [1.29, 1.82) is 0 Å². The van der Waals surface area contributed by atoms with Gasteiger partial charge in [-0.2, -0.15) is 0 Å². The van der Waals surface area contributed by atoms with Crippen molar-refractivity contribution in [2.24, 2.45) is 5.92 Å². The molecule has 0 bridgehead atoms. The number of rotatable bonds is 3. The third-order valence-corrected chi connectivity index (χ3v) is 10.9. The summed E-state index contributed by atoms with van der Waals surface area (Å²) in [5.41, 5.74) is 14.8. The van der Waals surface area contributed by atoms with Crippen molar-refractivity contribution in [2.45, 2.75) is 32.6 Å². The number of aromatic nitrogens is 1. The van der Waals surface area contributed by atoms with Crippen molar-refractivity contribution >= 4 is 48.0 Å². The van der Waals surface area contributed by atoms with Gasteiger partial charge in [0.1, 0.15) is 0 Å². The van der Waals surface area contributed by atoms with Crippen LogP contribution in [0.3, 0.4) is 0 Å². The summed E-state index contributed by atoms with van der Waals surface area (Å²) in [5, 5.41) is 3.96. The molecule has 0 amide bonds. The van der Waals surface area contributed by atoms with E-state index in [1.807, 2.05) is 11.3 Å². The van der Waals surface area contributed by atoms with Gasteiger partial charge in [0.15, 0.2) is 0 Å². The monoisotopic (exact) mass is 569 g/mol. The Hall–Kier alpha value is -4.53. The molecule has 0 N–H and O–H groups in total. The molecule has 0 saturated heterocycles. The Bertz CT molecular complexity index is 2260. The smallest absolute Gasteiger partial charge is 0.0748 e. The third-order valence-electron chi connectivity index (χ3n) is 9.69. The lowest BCUT2D eigenvalue weighted by atomic mass is 9.78. The van der Waals surface area contributed by atoms with Crippen LogP contribution in [0.1, 0.15) is 48.4 Å². The molecule has 2 aromatic heterocycles. The first-order valence-corrected chi connectivity index (χ1v) is 16.2. The Labute approximate surface area is 256 Å². The molecule has 2 heterocycles. The largest absolute Gasteiger partial charge is 0.247 e. The van der Waals surface area contributed by atoms with E-state index in [1.54, 1.807) is 5.57 Å². The van der Waals surface area contributed by atoms with Gasteiger partial charge >= 0.3 is 0 Å². The highest BCUT2D eigenvalue weighted by atomic mass is 32.1. The van der Waals surface area contributed by atoms with Crippen molar-refractivity contribution < 1.29 is 0 Å². The molecule has 0 spiro atoms. The maximum Gasteiger partial charge on any atom is 0.0748 e. The first-order valence-electron chi connectivity index (χ1n) is 15.4. The number of nitrogens with zero attached hydrogens (tertiary/aromatic N) is 1. The van der Waals surface area contributed by atoms with Crippen molar-refractivity contribution in [3.05, 3.63) is 143 Å². The Balaban J connectivity index is 1.22. The van der Waals surface area contributed by atoms with Gasteiger partial charge in [-0.15, -0.1) is 11.3 Å². The second-order valence-corrected chi connectivity index (χ2v) is 13.5. The highest BCUT2D eigenvalue weighted by Gasteiger charge is 2.37. The minimum Gasteiger partial charge on any atom is -0.247 e. The first kappa shape index (κ1) is 25.0. The van der Waals surface area contributed by atoms with Crippen LogP contribution in [0.2, 0.25) is 0 Å². The van der Waals surface area contributed by atoms with Gasteiger partial charge in [0.2, 0.25) is 0 Å². The zero-order valence-corrected chi connectivity index (χ0v) is 25.2. The quantitative estimate of drug-likeness (QED) is 0.206. The van der Waals surface area contributed by atoms with Gasteiger partial charge in [-0.3, -0.25) is 0 Å². The molecule has 2 aliphatic carbocycles. The molecule has 7 aromatic rings. The zero-order chi connectivity index (χ0) is 28.7. The molecule has 1 nitrogen and oxygen atoms in total. The molecule has 0 aliphatic heterocycles. The number of thiophene rings is 1. The van der Waals surface area contributed by atoms with Crippen LogP contribution >= 0.6 is 11.3 Å². The molecule has 2 heteroatoms. The van der Waals surface area contributed by atoms with E-state index >= 15 is 0 Å². The van der Waals surface area contributed by atoms with E-state index in [1.165, 1.54) is 70.1 Å². The molecular weight excluding hydrogens is 539 g/mol. The summed E-state index contributed by atoms with van der Waals surface area (Å²) in [6.07, 6.45) is 2.13.